The Balaban J connectivity index is 1.53. The van der Waals surface area contributed by atoms with Crippen LogP contribution in [0.3, 0.4) is 0 Å². The number of thiocarbonyl (C=S) groups is 1. The molecule has 0 spiro atoms. The maximum absolute atomic E-state index is 12.4. The van der Waals surface area contributed by atoms with Crippen LogP contribution >= 0.6 is 12.2 Å². The fourth-order valence-corrected chi connectivity index (χ4v) is 2.88. The SMILES string of the molecule is CCOCCOc1ccc(C(=O)NC(=S)Nc2ccc3ccccc3c2)cc1. The highest BCUT2D eigenvalue weighted by atomic mass is 32.1. The minimum Gasteiger partial charge on any atom is -0.491 e. The lowest BCUT2D eigenvalue weighted by Crippen LogP contribution is -2.34. The maximum Gasteiger partial charge on any atom is 0.257 e. The van der Waals surface area contributed by atoms with Crippen LogP contribution in [0.15, 0.2) is 66.7 Å². The predicted octanol–water partition coefficient (Wildman–Crippen LogP) is 4.38. The number of rotatable bonds is 7. The summed E-state index contributed by atoms with van der Waals surface area (Å²) in [5, 5.41) is 8.23. The Hall–Kier alpha value is -2.96. The van der Waals surface area contributed by atoms with E-state index in [9.17, 15) is 4.79 Å². The van der Waals surface area contributed by atoms with Gasteiger partial charge >= 0.3 is 0 Å². The molecule has 0 aliphatic carbocycles. The summed E-state index contributed by atoms with van der Waals surface area (Å²) in [7, 11) is 0. The molecule has 0 aromatic heterocycles. The van der Waals surface area contributed by atoms with Gasteiger partial charge in [-0.25, -0.2) is 0 Å². The number of nitrogens with one attached hydrogen (secondary N) is 2. The van der Waals surface area contributed by atoms with Crippen molar-refractivity contribution in [3.8, 4) is 5.75 Å². The van der Waals surface area contributed by atoms with Gasteiger partial charge in [0.15, 0.2) is 5.11 Å². The molecule has 5 nitrogen and oxygen atoms in total. The number of benzene rings is 3. The molecule has 3 aromatic rings. The van der Waals surface area contributed by atoms with E-state index in [1.807, 2.05) is 49.4 Å². The van der Waals surface area contributed by atoms with E-state index in [2.05, 4.69) is 10.6 Å². The van der Waals surface area contributed by atoms with Gasteiger partial charge in [0.2, 0.25) is 0 Å². The van der Waals surface area contributed by atoms with Crippen LogP contribution in [0, 0.1) is 0 Å². The average molecular weight is 394 g/mol. The van der Waals surface area contributed by atoms with Gasteiger partial charge in [0, 0.05) is 17.9 Å². The Labute approximate surface area is 169 Å². The summed E-state index contributed by atoms with van der Waals surface area (Å²) in [5.41, 5.74) is 1.32. The first-order valence-electron chi connectivity index (χ1n) is 9.07. The maximum atomic E-state index is 12.4. The van der Waals surface area contributed by atoms with Gasteiger partial charge in [-0.05, 0) is 66.3 Å². The Bertz CT molecular complexity index is 957. The van der Waals surface area contributed by atoms with Crippen molar-refractivity contribution in [3.05, 3.63) is 72.3 Å². The lowest BCUT2D eigenvalue weighted by atomic mass is 10.1. The standard InChI is InChI=1S/C22H22N2O3S/c1-2-26-13-14-27-20-11-8-17(9-12-20)21(25)24-22(28)23-19-10-7-16-5-3-4-6-18(16)15-19/h3-12,15H,2,13-14H2,1H3,(H2,23,24,25,28). The van der Waals surface area contributed by atoms with Gasteiger partial charge < -0.3 is 14.8 Å². The third-order valence-electron chi connectivity index (χ3n) is 4.05. The molecule has 0 radical (unpaired) electrons. The van der Waals surface area contributed by atoms with Crippen molar-refractivity contribution in [1.82, 2.24) is 5.32 Å². The highest BCUT2D eigenvalue weighted by Gasteiger charge is 2.08. The van der Waals surface area contributed by atoms with Gasteiger partial charge in [0.05, 0.1) is 6.61 Å². The first-order valence-corrected chi connectivity index (χ1v) is 9.48. The number of hydrogen-bond donors (Lipinski definition) is 2. The third-order valence-corrected chi connectivity index (χ3v) is 4.26. The molecular weight excluding hydrogens is 372 g/mol. The molecule has 0 aliphatic heterocycles. The Morgan fingerprint density at radius 2 is 1.71 bits per heavy atom. The summed E-state index contributed by atoms with van der Waals surface area (Å²) in [4.78, 5) is 12.4. The smallest absolute Gasteiger partial charge is 0.257 e. The second-order valence-corrected chi connectivity index (χ2v) is 6.45. The molecule has 6 heteroatoms. The molecule has 2 N–H and O–H groups in total. The number of carbonyl (C=O) groups is 1. The molecule has 1 amide bonds. The normalized spacial score (nSPS) is 10.5. The van der Waals surface area contributed by atoms with Gasteiger partial charge in [-0.1, -0.05) is 30.3 Å². The van der Waals surface area contributed by atoms with Crippen molar-refractivity contribution >= 4 is 39.7 Å². The quantitative estimate of drug-likeness (QED) is 0.460. The topological polar surface area (TPSA) is 59.6 Å². The van der Waals surface area contributed by atoms with Crippen LogP contribution in [0.25, 0.3) is 10.8 Å². The molecule has 0 unspecified atom stereocenters. The summed E-state index contributed by atoms with van der Waals surface area (Å²) < 4.78 is 10.8. The molecule has 0 atom stereocenters. The zero-order valence-electron chi connectivity index (χ0n) is 15.6. The van der Waals surface area contributed by atoms with Crippen molar-refractivity contribution < 1.29 is 14.3 Å². The van der Waals surface area contributed by atoms with E-state index in [-0.39, 0.29) is 11.0 Å². The van der Waals surface area contributed by atoms with Crippen LogP contribution in [-0.2, 0) is 4.74 Å². The van der Waals surface area contributed by atoms with Crippen molar-refractivity contribution in [2.75, 3.05) is 25.1 Å². The van der Waals surface area contributed by atoms with E-state index in [0.29, 0.717) is 31.1 Å². The molecule has 0 fully saturated rings. The first kappa shape index (κ1) is 19.8. The van der Waals surface area contributed by atoms with Crippen molar-refractivity contribution in [2.24, 2.45) is 0 Å². The zero-order chi connectivity index (χ0) is 19.8. The molecule has 0 aliphatic rings. The Morgan fingerprint density at radius 1 is 0.964 bits per heavy atom. The van der Waals surface area contributed by atoms with E-state index in [1.165, 1.54) is 0 Å². The summed E-state index contributed by atoms with van der Waals surface area (Å²) >= 11 is 5.26. The van der Waals surface area contributed by atoms with Crippen LogP contribution < -0.4 is 15.4 Å². The zero-order valence-corrected chi connectivity index (χ0v) is 16.4. The van der Waals surface area contributed by atoms with Crippen molar-refractivity contribution in [1.29, 1.82) is 0 Å². The average Bonchev–Trinajstić information content (AvgIpc) is 2.71. The summed E-state index contributed by atoms with van der Waals surface area (Å²) in [6.07, 6.45) is 0. The number of fused-ring (bicyclic) bond motifs is 1. The van der Waals surface area contributed by atoms with Crippen molar-refractivity contribution in [2.45, 2.75) is 6.92 Å². The molecule has 0 saturated heterocycles. The number of hydrogen-bond acceptors (Lipinski definition) is 4. The van der Waals surface area contributed by atoms with Crippen LogP contribution in [0.5, 0.6) is 5.75 Å². The molecule has 0 heterocycles. The Morgan fingerprint density at radius 3 is 2.46 bits per heavy atom. The second-order valence-electron chi connectivity index (χ2n) is 6.04. The molecule has 28 heavy (non-hydrogen) atoms. The molecule has 0 saturated carbocycles. The molecule has 3 rings (SSSR count). The first-order chi connectivity index (χ1) is 13.7. The minimum atomic E-state index is -0.279. The fraction of sp³-hybridized carbons (Fsp3) is 0.182. The van der Waals surface area contributed by atoms with Gasteiger partial charge in [-0.2, -0.15) is 0 Å². The Kier molecular flexibility index (Phi) is 6.94. The number of anilines is 1. The number of amides is 1. The third kappa shape index (κ3) is 5.52. The summed E-state index contributed by atoms with van der Waals surface area (Å²) in [6, 6.07) is 20.9. The molecular formula is C22H22N2O3S. The number of carbonyl (C=O) groups excluding carboxylic acids is 1. The van der Waals surface area contributed by atoms with E-state index in [4.69, 9.17) is 21.7 Å². The van der Waals surface area contributed by atoms with E-state index < -0.39 is 0 Å². The number of ether oxygens (including phenoxy) is 2. The van der Waals surface area contributed by atoms with Gasteiger partial charge in [-0.3, -0.25) is 10.1 Å². The molecule has 0 bridgehead atoms. The van der Waals surface area contributed by atoms with Crippen LogP contribution in [0.4, 0.5) is 5.69 Å². The largest absolute Gasteiger partial charge is 0.491 e. The van der Waals surface area contributed by atoms with Gasteiger partial charge in [0.1, 0.15) is 12.4 Å². The summed E-state index contributed by atoms with van der Waals surface area (Å²) in [5.74, 6) is 0.410. The fourth-order valence-electron chi connectivity index (χ4n) is 2.67. The van der Waals surface area contributed by atoms with E-state index in [1.54, 1.807) is 24.3 Å². The molecule has 3 aromatic carbocycles. The highest BCUT2D eigenvalue weighted by Crippen LogP contribution is 2.19. The van der Waals surface area contributed by atoms with Crippen LogP contribution in [0.2, 0.25) is 0 Å². The van der Waals surface area contributed by atoms with Gasteiger partial charge in [-0.15, -0.1) is 0 Å². The minimum absolute atomic E-state index is 0.248. The van der Waals surface area contributed by atoms with Crippen LogP contribution in [-0.4, -0.2) is 30.8 Å². The molecule has 144 valence electrons. The monoisotopic (exact) mass is 394 g/mol. The summed E-state index contributed by atoms with van der Waals surface area (Å²) in [6.45, 7) is 3.61. The lowest BCUT2D eigenvalue weighted by molar-refractivity contribution is 0.0977. The van der Waals surface area contributed by atoms with E-state index in [0.717, 1.165) is 16.5 Å². The van der Waals surface area contributed by atoms with Crippen molar-refractivity contribution in [3.63, 3.8) is 0 Å². The predicted molar refractivity (Wildman–Crippen MR) is 116 cm³/mol. The lowest BCUT2D eigenvalue weighted by Gasteiger charge is -2.11. The van der Waals surface area contributed by atoms with E-state index >= 15 is 0 Å². The second kappa shape index (κ2) is 9.82. The van der Waals surface area contributed by atoms with Gasteiger partial charge in [0.25, 0.3) is 5.91 Å². The van der Waals surface area contributed by atoms with Crippen LogP contribution in [0.1, 0.15) is 17.3 Å². The highest BCUT2D eigenvalue weighted by molar-refractivity contribution is 7.80.